The largest absolute Gasteiger partial charge is 0.504 e. The molecule has 0 bridgehead atoms. The molecule has 1 aromatic rings. The molecule has 4 rings (SSSR count). The number of hydrogen-bond donors (Lipinski definition) is 2. The zero-order chi connectivity index (χ0) is 19.2. The number of anilines is 1. The zero-order valence-electron chi connectivity index (χ0n) is 15.8. The van der Waals surface area contributed by atoms with Crippen molar-refractivity contribution in [3.05, 3.63) is 41.7 Å². The van der Waals surface area contributed by atoms with Gasteiger partial charge in [0.15, 0.2) is 0 Å². The summed E-state index contributed by atoms with van der Waals surface area (Å²) in [5.41, 5.74) is 1.69. The number of nitrogens with zero attached hydrogens (tertiary/aromatic N) is 1. The molecule has 144 valence electrons. The van der Waals surface area contributed by atoms with Crippen LogP contribution in [0.15, 0.2) is 36.1 Å². The third-order valence-corrected chi connectivity index (χ3v) is 6.79. The average molecular weight is 370 g/mol. The summed E-state index contributed by atoms with van der Waals surface area (Å²) in [6, 6.07) is 7.92. The number of carbonyl (C=O) groups is 2. The number of hydrogen-bond acceptors (Lipinski definition) is 4. The minimum atomic E-state index is -0.933. The summed E-state index contributed by atoms with van der Waals surface area (Å²) in [6.45, 7) is 3.79. The van der Waals surface area contributed by atoms with E-state index < -0.39 is 11.4 Å². The molecule has 1 amide bonds. The Hall–Kier alpha value is -2.34. The number of amides is 1. The van der Waals surface area contributed by atoms with Crippen LogP contribution in [0.1, 0.15) is 31.7 Å². The molecular weight excluding hydrogens is 344 g/mol. The Morgan fingerprint density at radius 3 is 2.93 bits per heavy atom. The highest BCUT2D eigenvalue weighted by atomic mass is 16.5. The van der Waals surface area contributed by atoms with Crippen LogP contribution in [-0.4, -0.2) is 48.1 Å². The predicted octanol–water partition coefficient (Wildman–Crippen LogP) is 2.61. The first-order chi connectivity index (χ1) is 13.0. The van der Waals surface area contributed by atoms with E-state index >= 15 is 0 Å². The lowest BCUT2D eigenvalue weighted by Crippen LogP contribution is -2.53. The summed E-state index contributed by atoms with van der Waals surface area (Å²) in [5, 5.41) is 12.8. The van der Waals surface area contributed by atoms with E-state index in [4.69, 9.17) is 4.74 Å². The van der Waals surface area contributed by atoms with E-state index in [2.05, 4.69) is 17.1 Å². The number of aliphatic carboxylic acids is 1. The number of ether oxygens (including phenoxy) is 1. The molecule has 2 fully saturated rings. The first-order valence-electron chi connectivity index (χ1n) is 9.64. The number of benzene rings is 1. The van der Waals surface area contributed by atoms with Crippen LogP contribution in [0, 0.1) is 11.8 Å². The third kappa shape index (κ3) is 2.57. The molecule has 1 aromatic carbocycles. The number of methoxy groups -OCH3 is 1. The molecular formula is C21H26N2O4. The fourth-order valence-electron chi connectivity index (χ4n) is 5.52. The highest BCUT2D eigenvalue weighted by Crippen LogP contribution is 2.53. The molecule has 2 saturated heterocycles. The first-order valence-corrected chi connectivity index (χ1v) is 9.64. The fourth-order valence-corrected chi connectivity index (χ4v) is 5.52. The zero-order valence-corrected chi connectivity index (χ0v) is 15.8. The van der Waals surface area contributed by atoms with Crippen LogP contribution in [0.25, 0.3) is 0 Å². The molecule has 27 heavy (non-hydrogen) atoms. The lowest BCUT2D eigenvalue weighted by Gasteiger charge is -2.44. The highest BCUT2D eigenvalue weighted by Gasteiger charge is 2.60. The molecule has 1 unspecified atom stereocenters. The molecule has 6 heteroatoms. The molecule has 0 aromatic heterocycles. The van der Waals surface area contributed by atoms with Gasteiger partial charge < -0.3 is 15.2 Å². The Kier molecular flexibility index (Phi) is 4.46. The van der Waals surface area contributed by atoms with Crippen molar-refractivity contribution in [2.75, 3.05) is 25.5 Å². The van der Waals surface area contributed by atoms with Crippen LogP contribution < -0.4 is 5.32 Å². The molecule has 1 spiro atoms. The van der Waals surface area contributed by atoms with Gasteiger partial charge in [-0.3, -0.25) is 9.69 Å². The van der Waals surface area contributed by atoms with Crippen LogP contribution in [0.5, 0.6) is 0 Å². The quantitative estimate of drug-likeness (QED) is 0.629. The van der Waals surface area contributed by atoms with Gasteiger partial charge in [0.25, 0.3) is 0 Å². The van der Waals surface area contributed by atoms with Crippen molar-refractivity contribution in [1.82, 2.24) is 4.90 Å². The van der Waals surface area contributed by atoms with Gasteiger partial charge in [0.05, 0.1) is 24.4 Å². The van der Waals surface area contributed by atoms with Crippen LogP contribution >= 0.6 is 0 Å². The third-order valence-electron chi connectivity index (χ3n) is 6.79. The number of carbonyl (C=O) groups excluding carboxylic acids is 1. The van der Waals surface area contributed by atoms with Gasteiger partial charge in [-0.2, -0.15) is 0 Å². The van der Waals surface area contributed by atoms with E-state index in [-0.39, 0.29) is 23.8 Å². The molecule has 6 nitrogen and oxygen atoms in total. The molecule has 0 aliphatic carbocycles. The predicted molar refractivity (Wildman–Crippen MR) is 101 cm³/mol. The molecule has 3 aliphatic rings. The van der Waals surface area contributed by atoms with Crippen molar-refractivity contribution in [3.8, 4) is 0 Å². The average Bonchev–Trinajstić information content (AvgIpc) is 3.18. The summed E-state index contributed by atoms with van der Waals surface area (Å²) in [6.07, 6.45) is 3.70. The standard InChI is InChI=1S/C21H26N2O4/c1-3-13-11-23-9-8-21(16-6-4-5-7-17(16)22-20(21)26)18(23)10-14(13)15(12-27-2)19(24)25/h4-7,12-14,18H,3,8-11H2,1-2H3,(H,22,26)(H,24,25)/b15-12+/t13-,14-,18-,21?/m0/s1. The topological polar surface area (TPSA) is 78.9 Å². The van der Waals surface area contributed by atoms with E-state index in [0.29, 0.717) is 12.0 Å². The Bertz CT molecular complexity index is 805. The number of nitrogens with one attached hydrogen (secondary N) is 1. The van der Waals surface area contributed by atoms with Crippen LogP contribution in [0.3, 0.4) is 0 Å². The van der Waals surface area contributed by atoms with E-state index in [9.17, 15) is 14.7 Å². The monoisotopic (exact) mass is 370 g/mol. The van der Waals surface area contributed by atoms with Crippen molar-refractivity contribution in [3.63, 3.8) is 0 Å². The summed E-state index contributed by atoms with van der Waals surface area (Å²) in [5.74, 6) is -0.757. The van der Waals surface area contributed by atoms with Crippen molar-refractivity contribution in [1.29, 1.82) is 0 Å². The lowest BCUT2D eigenvalue weighted by atomic mass is 9.67. The Morgan fingerprint density at radius 1 is 1.44 bits per heavy atom. The maximum atomic E-state index is 13.1. The molecule has 2 N–H and O–H groups in total. The smallest absolute Gasteiger partial charge is 0.334 e. The number of piperidine rings is 1. The maximum absolute atomic E-state index is 13.1. The number of rotatable bonds is 4. The summed E-state index contributed by atoms with van der Waals surface area (Å²) >= 11 is 0. The van der Waals surface area contributed by atoms with E-state index in [1.807, 2.05) is 24.3 Å². The fraction of sp³-hybridized carbons (Fsp3) is 0.524. The van der Waals surface area contributed by atoms with E-state index in [0.717, 1.165) is 37.2 Å². The lowest BCUT2D eigenvalue weighted by molar-refractivity contribution is -0.134. The van der Waals surface area contributed by atoms with Crippen molar-refractivity contribution in [2.45, 2.75) is 37.6 Å². The highest BCUT2D eigenvalue weighted by molar-refractivity contribution is 6.07. The number of para-hydroxylation sites is 1. The van der Waals surface area contributed by atoms with Gasteiger partial charge in [0, 0.05) is 18.3 Å². The van der Waals surface area contributed by atoms with Gasteiger partial charge in [-0.15, -0.1) is 0 Å². The molecule has 0 radical (unpaired) electrons. The second-order valence-electron chi connectivity index (χ2n) is 7.86. The van der Waals surface area contributed by atoms with Crippen LogP contribution in [0.4, 0.5) is 5.69 Å². The second kappa shape index (κ2) is 6.68. The van der Waals surface area contributed by atoms with Gasteiger partial charge in [0.2, 0.25) is 5.91 Å². The first kappa shape index (κ1) is 18.0. The molecule has 4 atom stereocenters. The van der Waals surface area contributed by atoms with Crippen molar-refractivity contribution >= 4 is 17.6 Å². The normalized spacial score (nSPS) is 32.9. The van der Waals surface area contributed by atoms with Gasteiger partial charge in [-0.1, -0.05) is 31.5 Å². The Labute approximate surface area is 159 Å². The summed E-state index contributed by atoms with van der Waals surface area (Å²) in [7, 11) is 1.48. The Morgan fingerprint density at radius 2 is 2.22 bits per heavy atom. The SMILES string of the molecule is CC[C@H]1CN2CCC3(C(=O)Nc4ccccc43)[C@@H]2C[C@@H]1/C(=C\OC)C(=O)O. The minimum Gasteiger partial charge on any atom is -0.504 e. The maximum Gasteiger partial charge on any atom is 0.334 e. The van der Waals surface area contributed by atoms with Gasteiger partial charge in [-0.25, -0.2) is 4.79 Å². The Balaban J connectivity index is 1.75. The van der Waals surface area contributed by atoms with E-state index in [1.54, 1.807) is 0 Å². The van der Waals surface area contributed by atoms with E-state index in [1.165, 1.54) is 13.4 Å². The van der Waals surface area contributed by atoms with Gasteiger partial charge in [-0.05, 0) is 42.9 Å². The van der Waals surface area contributed by atoms with Gasteiger partial charge >= 0.3 is 5.97 Å². The number of carboxylic acid groups (broad SMARTS) is 1. The second-order valence-corrected chi connectivity index (χ2v) is 7.86. The van der Waals surface area contributed by atoms with Crippen LogP contribution in [0.2, 0.25) is 0 Å². The molecule has 3 heterocycles. The summed E-state index contributed by atoms with van der Waals surface area (Å²) in [4.78, 5) is 27.4. The minimum absolute atomic E-state index is 0.00792. The molecule has 3 aliphatic heterocycles. The van der Waals surface area contributed by atoms with Gasteiger partial charge in [0.1, 0.15) is 0 Å². The van der Waals surface area contributed by atoms with Crippen molar-refractivity contribution in [2.24, 2.45) is 11.8 Å². The van der Waals surface area contributed by atoms with Crippen molar-refractivity contribution < 1.29 is 19.4 Å². The number of carboxylic acids is 1. The van der Waals surface area contributed by atoms with Crippen LogP contribution in [-0.2, 0) is 19.7 Å². The molecule has 0 saturated carbocycles. The number of fused-ring (bicyclic) bond motifs is 4. The summed E-state index contributed by atoms with van der Waals surface area (Å²) < 4.78 is 5.08.